The maximum Gasteiger partial charge on any atom is 0.227 e. The Morgan fingerprint density at radius 2 is 2.21 bits per heavy atom. The predicted octanol–water partition coefficient (Wildman–Crippen LogP) is 0.705. The van der Waals surface area contributed by atoms with E-state index in [-0.39, 0.29) is 18.3 Å². The standard InChI is InChI=1S/C15H21N5O3.ClH/c21-13(17-6-9-20-7-4-16-5-8-20)1-2-14-18-15(19-23-14)12-3-10-22-11-12;/h3,10-11,16H,1-2,4-9H2,(H,17,21);1H. The minimum Gasteiger partial charge on any atom is -0.472 e. The van der Waals surface area contributed by atoms with Gasteiger partial charge in [-0.15, -0.1) is 12.4 Å². The monoisotopic (exact) mass is 355 g/mol. The number of hydrogen-bond donors (Lipinski definition) is 2. The van der Waals surface area contributed by atoms with Gasteiger partial charge in [0.25, 0.3) is 0 Å². The Morgan fingerprint density at radius 1 is 1.38 bits per heavy atom. The van der Waals surface area contributed by atoms with Crippen LogP contribution >= 0.6 is 12.4 Å². The maximum atomic E-state index is 11.8. The molecule has 0 radical (unpaired) electrons. The lowest BCUT2D eigenvalue weighted by atomic mass is 10.3. The first-order valence-electron chi connectivity index (χ1n) is 7.86. The van der Waals surface area contributed by atoms with Gasteiger partial charge in [0.15, 0.2) is 0 Å². The van der Waals surface area contributed by atoms with E-state index < -0.39 is 0 Å². The van der Waals surface area contributed by atoms with Gasteiger partial charge in [0.1, 0.15) is 6.26 Å². The Labute approximate surface area is 146 Å². The maximum absolute atomic E-state index is 11.8. The van der Waals surface area contributed by atoms with Gasteiger partial charge < -0.3 is 19.6 Å². The number of nitrogens with one attached hydrogen (secondary N) is 2. The van der Waals surface area contributed by atoms with Crippen molar-refractivity contribution in [1.82, 2.24) is 25.7 Å². The fourth-order valence-electron chi connectivity index (χ4n) is 2.46. The molecule has 1 aliphatic heterocycles. The van der Waals surface area contributed by atoms with Crippen molar-refractivity contribution in [3.63, 3.8) is 0 Å². The quantitative estimate of drug-likeness (QED) is 0.754. The van der Waals surface area contributed by atoms with Crippen LogP contribution < -0.4 is 10.6 Å². The third-order valence-electron chi connectivity index (χ3n) is 3.77. The van der Waals surface area contributed by atoms with E-state index in [0.29, 0.717) is 31.1 Å². The molecule has 2 aromatic rings. The molecule has 8 nitrogen and oxygen atoms in total. The van der Waals surface area contributed by atoms with Crippen LogP contribution in [0.2, 0.25) is 0 Å². The number of carbonyl (C=O) groups is 1. The Hall–Kier alpha value is -1.90. The van der Waals surface area contributed by atoms with E-state index in [1.807, 2.05) is 0 Å². The average molecular weight is 356 g/mol. The second-order valence-corrected chi connectivity index (χ2v) is 5.47. The van der Waals surface area contributed by atoms with Crippen LogP contribution in [-0.2, 0) is 11.2 Å². The number of halogens is 1. The average Bonchev–Trinajstić information content (AvgIpc) is 3.25. The molecule has 9 heteroatoms. The molecule has 0 atom stereocenters. The van der Waals surface area contributed by atoms with Crippen molar-refractivity contribution in [3.8, 4) is 11.4 Å². The number of aromatic nitrogens is 2. The molecule has 132 valence electrons. The van der Waals surface area contributed by atoms with Gasteiger partial charge in [-0.25, -0.2) is 0 Å². The number of piperazine rings is 1. The number of carbonyl (C=O) groups excluding carboxylic acids is 1. The van der Waals surface area contributed by atoms with E-state index in [2.05, 4.69) is 25.7 Å². The van der Waals surface area contributed by atoms with Crippen molar-refractivity contribution in [3.05, 3.63) is 24.5 Å². The molecule has 0 aromatic carbocycles. The van der Waals surface area contributed by atoms with Crippen molar-refractivity contribution < 1.29 is 13.7 Å². The fourth-order valence-corrected chi connectivity index (χ4v) is 2.46. The zero-order chi connectivity index (χ0) is 15.9. The number of hydrogen-bond acceptors (Lipinski definition) is 7. The molecule has 1 amide bonds. The Balaban J connectivity index is 0.00000208. The largest absolute Gasteiger partial charge is 0.472 e. The molecule has 24 heavy (non-hydrogen) atoms. The molecule has 0 bridgehead atoms. The highest BCUT2D eigenvalue weighted by molar-refractivity contribution is 5.85. The van der Waals surface area contributed by atoms with Crippen molar-refractivity contribution in [1.29, 1.82) is 0 Å². The van der Waals surface area contributed by atoms with E-state index in [9.17, 15) is 4.79 Å². The summed E-state index contributed by atoms with van der Waals surface area (Å²) in [5.41, 5.74) is 0.764. The highest BCUT2D eigenvalue weighted by Gasteiger charge is 2.12. The van der Waals surface area contributed by atoms with Crippen LogP contribution in [0.5, 0.6) is 0 Å². The van der Waals surface area contributed by atoms with Crippen LogP contribution in [0, 0.1) is 0 Å². The number of amides is 1. The molecule has 2 N–H and O–H groups in total. The van der Waals surface area contributed by atoms with Gasteiger partial charge in [-0.3, -0.25) is 9.69 Å². The molecular weight excluding hydrogens is 334 g/mol. The van der Waals surface area contributed by atoms with Gasteiger partial charge in [-0.2, -0.15) is 4.98 Å². The lowest BCUT2D eigenvalue weighted by Crippen LogP contribution is -2.46. The van der Waals surface area contributed by atoms with Gasteiger partial charge in [-0.05, 0) is 6.07 Å². The van der Waals surface area contributed by atoms with E-state index in [1.165, 1.54) is 0 Å². The minimum absolute atomic E-state index is 0. The van der Waals surface area contributed by atoms with Crippen LogP contribution in [0.15, 0.2) is 27.5 Å². The second kappa shape index (κ2) is 9.41. The Kier molecular flexibility index (Phi) is 7.23. The summed E-state index contributed by atoms with van der Waals surface area (Å²) in [4.78, 5) is 18.4. The van der Waals surface area contributed by atoms with E-state index in [4.69, 9.17) is 8.94 Å². The molecule has 3 heterocycles. The number of aryl methyl sites for hydroxylation is 1. The summed E-state index contributed by atoms with van der Waals surface area (Å²) in [5.74, 6) is 0.939. The SMILES string of the molecule is Cl.O=C(CCc1nc(-c2ccoc2)no1)NCCN1CCNCC1. The van der Waals surface area contributed by atoms with Crippen LogP contribution in [0.25, 0.3) is 11.4 Å². The summed E-state index contributed by atoms with van der Waals surface area (Å²) >= 11 is 0. The fraction of sp³-hybridized carbons (Fsp3) is 0.533. The molecule has 0 spiro atoms. The number of rotatable bonds is 7. The Morgan fingerprint density at radius 3 is 2.96 bits per heavy atom. The molecule has 0 unspecified atom stereocenters. The molecule has 3 rings (SSSR count). The zero-order valence-electron chi connectivity index (χ0n) is 13.4. The minimum atomic E-state index is 0. The summed E-state index contributed by atoms with van der Waals surface area (Å²) in [5, 5.41) is 10.1. The molecule has 2 aromatic heterocycles. The Bertz CT molecular complexity index is 610. The molecule has 1 saturated heterocycles. The van der Waals surface area contributed by atoms with Crippen molar-refractivity contribution in [2.75, 3.05) is 39.3 Å². The topological polar surface area (TPSA) is 96.4 Å². The van der Waals surface area contributed by atoms with E-state index >= 15 is 0 Å². The smallest absolute Gasteiger partial charge is 0.227 e. The van der Waals surface area contributed by atoms with Crippen molar-refractivity contribution in [2.45, 2.75) is 12.8 Å². The van der Waals surface area contributed by atoms with Crippen molar-refractivity contribution >= 4 is 18.3 Å². The van der Waals surface area contributed by atoms with E-state index in [0.717, 1.165) is 38.3 Å². The van der Waals surface area contributed by atoms with Gasteiger partial charge in [0.2, 0.25) is 17.6 Å². The van der Waals surface area contributed by atoms with Crippen molar-refractivity contribution in [2.24, 2.45) is 0 Å². The first-order valence-corrected chi connectivity index (χ1v) is 7.86. The summed E-state index contributed by atoms with van der Waals surface area (Å²) in [7, 11) is 0. The third kappa shape index (κ3) is 5.33. The first-order chi connectivity index (χ1) is 11.3. The zero-order valence-corrected chi connectivity index (χ0v) is 14.2. The molecular formula is C15H22ClN5O3. The molecule has 1 fully saturated rings. The highest BCUT2D eigenvalue weighted by atomic mass is 35.5. The number of furan rings is 1. The summed E-state index contributed by atoms with van der Waals surface area (Å²) < 4.78 is 10.1. The third-order valence-corrected chi connectivity index (χ3v) is 3.77. The number of nitrogens with zero attached hydrogens (tertiary/aromatic N) is 3. The van der Waals surface area contributed by atoms with Gasteiger partial charge in [-0.1, -0.05) is 5.16 Å². The first kappa shape index (κ1) is 18.4. The molecule has 0 saturated carbocycles. The lowest BCUT2D eigenvalue weighted by molar-refractivity contribution is -0.121. The molecule has 0 aliphatic carbocycles. The van der Waals surface area contributed by atoms with Crippen LogP contribution in [0.4, 0.5) is 0 Å². The summed E-state index contributed by atoms with van der Waals surface area (Å²) in [6, 6.07) is 1.76. The normalized spacial score (nSPS) is 15.0. The van der Waals surface area contributed by atoms with Crippen LogP contribution in [-0.4, -0.2) is 60.2 Å². The van der Waals surface area contributed by atoms with Crippen LogP contribution in [0.1, 0.15) is 12.3 Å². The van der Waals surface area contributed by atoms with Gasteiger partial charge in [0, 0.05) is 52.1 Å². The van der Waals surface area contributed by atoms with Gasteiger partial charge in [0.05, 0.1) is 11.8 Å². The molecule has 1 aliphatic rings. The predicted molar refractivity (Wildman–Crippen MR) is 89.9 cm³/mol. The second-order valence-electron chi connectivity index (χ2n) is 5.47. The summed E-state index contributed by atoms with van der Waals surface area (Å²) in [6.07, 6.45) is 3.88. The highest BCUT2D eigenvalue weighted by Crippen LogP contribution is 2.16. The van der Waals surface area contributed by atoms with E-state index in [1.54, 1.807) is 18.6 Å². The van der Waals surface area contributed by atoms with Gasteiger partial charge >= 0.3 is 0 Å². The summed E-state index contributed by atoms with van der Waals surface area (Å²) in [6.45, 7) is 5.67. The lowest BCUT2D eigenvalue weighted by Gasteiger charge is -2.27. The van der Waals surface area contributed by atoms with Crippen LogP contribution in [0.3, 0.4) is 0 Å².